The summed E-state index contributed by atoms with van der Waals surface area (Å²) in [4.78, 5) is 0. The van der Waals surface area contributed by atoms with Crippen LogP contribution in [-0.4, -0.2) is 39.9 Å². The minimum absolute atomic E-state index is 0.196. The largest absolute Gasteiger partial charge is 0.396 e. The molecule has 1 fully saturated rings. The monoisotopic (exact) mass is 250 g/mol. The van der Waals surface area contributed by atoms with Gasteiger partial charge in [0.1, 0.15) is 5.69 Å². The van der Waals surface area contributed by atoms with Crippen molar-refractivity contribution in [3.63, 3.8) is 0 Å². The average molecular weight is 250 g/mol. The Bertz CT molecular complexity index is 418. The maximum Gasteiger partial charge on any atom is 0.100 e. The predicted molar refractivity (Wildman–Crippen MR) is 63.8 cm³/mol. The van der Waals surface area contributed by atoms with Gasteiger partial charge in [0.15, 0.2) is 0 Å². The molecular weight excluding hydrogens is 232 g/mol. The fourth-order valence-electron chi connectivity index (χ4n) is 2.29. The lowest BCUT2D eigenvalue weighted by Gasteiger charge is -2.11. The molecule has 1 aromatic rings. The van der Waals surface area contributed by atoms with Crippen molar-refractivity contribution < 1.29 is 9.84 Å². The molecule has 6 heteroatoms. The summed E-state index contributed by atoms with van der Waals surface area (Å²) in [5.41, 5.74) is 1.82. The lowest BCUT2D eigenvalue weighted by Crippen LogP contribution is -2.12. The van der Waals surface area contributed by atoms with Crippen LogP contribution in [0.5, 0.6) is 0 Å². The summed E-state index contributed by atoms with van der Waals surface area (Å²) in [6.45, 7) is 2.39. The number of rotatable bonds is 6. The van der Waals surface area contributed by atoms with Crippen LogP contribution in [0.4, 0.5) is 0 Å². The van der Waals surface area contributed by atoms with E-state index in [-0.39, 0.29) is 6.61 Å². The smallest absolute Gasteiger partial charge is 0.100 e. The van der Waals surface area contributed by atoms with Crippen molar-refractivity contribution in [2.24, 2.45) is 0 Å². The van der Waals surface area contributed by atoms with E-state index in [2.05, 4.69) is 16.4 Å². The first-order chi connectivity index (χ1) is 8.86. The van der Waals surface area contributed by atoms with Crippen molar-refractivity contribution in [3.8, 4) is 6.07 Å². The van der Waals surface area contributed by atoms with Gasteiger partial charge in [0, 0.05) is 25.7 Å². The summed E-state index contributed by atoms with van der Waals surface area (Å²) >= 11 is 0. The maximum atomic E-state index is 8.82. The predicted octanol–water partition coefficient (Wildman–Crippen LogP) is 0.621. The second kappa shape index (κ2) is 6.47. The lowest BCUT2D eigenvalue weighted by molar-refractivity contribution is 0.192. The molecule has 0 saturated carbocycles. The third-order valence-electron chi connectivity index (χ3n) is 3.19. The zero-order valence-electron chi connectivity index (χ0n) is 10.4. The van der Waals surface area contributed by atoms with Crippen LogP contribution >= 0.6 is 0 Å². The zero-order chi connectivity index (χ0) is 12.8. The van der Waals surface area contributed by atoms with Crippen molar-refractivity contribution in [1.29, 1.82) is 5.26 Å². The SMILES string of the molecule is N#CCc1nnn(CCCCO)c1C1CCOC1. The first-order valence-corrected chi connectivity index (χ1v) is 6.34. The summed E-state index contributed by atoms with van der Waals surface area (Å²) in [7, 11) is 0. The van der Waals surface area contributed by atoms with E-state index in [9.17, 15) is 0 Å². The number of hydrogen-bond acceptors (Lipinski definition) is 5. The fraction of sp³-hybridized carbons (Fsp3) is 0.750. The molecule has 1 aliphatic heterocycles. The highest BCUT2D eigenvalue weighted by molar-refractivity contribution is 5.19. The Balaban J connectivity index is 2.14. The zero-order valence-corrected chi connectivity index (χ0v) is 10.4. The molecule has 1 unspecified atom stereocenters. The van der Waals surface area contributed by atoms with Gasteiger partial charge in [-0.05, 0) is 19.3 Å². The highest BCUT2D eigenvalue weighted by atomic mass is 16.5. The van der Waals surface area contributed by atoms with E-state index in [1.165, 1.54) is 0 Å². The summed E-state index contributed by atoms with van der Waals surface area (Å²) < 4.78 is 7.28. The number of nitriles is 1. The normalized spacial score (nSPS) is 19.0. The number of aromatic nitrogens is 3. The van der Waals surface area contributed by atoms with Crippen molar-refractivity contribution in [1.82, 2.24) is 15.0 Å². The quantitative estimate of drug-likeness (QED) is 0.748. The Hall–Kier alpha value is -1.45. The Morgan fingerprint density at radius 2 is 2.39 bits per heavy atom. The van der Waals surface area contributed by atoms with Gasteiger partial charge < -0.3 is 9.84 Å². The molecule has 1 N–H and O–H groups in total. The third-order valence-corrected chi connectivity index (χ3v) is 3.19. The Morgan fingerprint density at radius 1 is 1.50 bits per heavy atom. The van der Waals surface area contributed by atoms with E-state index in [1.807, 2.05) is 4.68 Å². The molecule has 0 aliphatic carbocycles. The van der Waals surface area contributed by atoms with Crippen molar-refractivity contribution in [2.75, 3.05) is 19.8 Å². The Morgan fingerprint density at radius 3 is 3.06 bits per heavy atom. The summed E-state index contributed by atoms with van der Waals surface area (Å²) in [6, 6.07) is 2.13. The van der Waals surface area contributed by atoms with E-state index in [0.29, 0.717) is 18.9 Å². The molecule has 6 nitrogen and oxygen atoms in total. The minimum Gasteiger partial charge on any atom is -0.396 e. The van der Waals surface area contributed by atoms with Crippen LogP contribution in [0.2, 0.25) is 0 Å². The molecule has 0 aromatic carbocycles. The Kier molecular flexibility index (Phi) is 4.67. The van der Waals surface area contributed by atoms with Gasteiger partial charge >= 0.3 is 0 Å². The second-order valence-corrected chi connectivity index (χ2v) is 4.47. The van der Waals surface area contributed by atoms with Crippen molar-refractivity contribution in [3.05, 3.63) is 11.4 Å². The molecule has 1 atom stereocenters. The van der Waals surface area contributed by atoms with Gasteiger partial charge in [0.2, 0.25) is 0 Å². The molecule has 0 amide bonds. The average Bonchev–Trinajstić information content (AvgIpc) is 2.99. The fourth-order valence-corrected chi connectivity index (χ4v) is 2.29. The molecule has 0 bridgehead atoms. The topological polar surface area (TPSA) is 84.0 Å². The van der Waals surface area contributed by atoms with Gasteiger partial charge in [-0.2, -0.15) is 5.26 Å². The number of aliphatic hydroxyl groups is 1. The molecule has 1 saturated heterocycles. The standard InChI is InChI=1S/C12H18N4O2/c13-5-3-11-12(10-4-8-18-9-10)16(15-14-11)6-1-2-7-17/h10,17H,1-4,6-9H2. The van der Waals surface area contributed by atoms with Gasteiger partial charge in [0.25, 0.3) is 0 Å². The van der Waals surface area contributed by atoms with Gasteiger partial charge in [-0.25, -0.2) is 4.68 Å². The Labute approximate surface area is 106 Å². The molecule has 2 heterocycles. The van der Waals surface area contributed by atoms with E-state index < -0.39 is 0 Å². The highest BCUT2D eigenvalue weighted by Gasteiger charge is 2.25. The first-order valence-electron chi connectivity index (χ1n) is 6.34. The van der Waals surface area contributed by atoms with E-state index in [1.54, 1.807) is 0 Å². The minimum atomic E-state index is 0.196. The van der Waals surface area contributed by atoms with E-state index >= 15 is 0 Å². The van der Waals surface area contributed by atoms with Crippen LogP contribution in [0.15, 0.2) is 0 Å². The van der Waals surface area contributed by atoms with Gasteiger partial charge in [-0.1, -0.05) is 5.21 Å². The van der Waals surface area contributed by atoms with Crippen LogP contribution in [0.3, 0.4) is 0 Å². The lowest BCUT2D eigenvalue weighted by atomic mass is 10.0. The number of hydrogen-bond donors (Lipinski definition) is 1. The number of aryl methyl sites for hydroxylation is 1. The van der Waals surface area contributed by atoms with Crippen LogP contribution in [-0.2, 0) is 17.7 Å². The van der Waals surface area contributed by atoms with Gasteiger partial charge in [0.05, 0.1) is 24.8 Å². The third kappa shape index (κ3) is 2.86. The van der Waals surface area contributed by atoms with Crippen LogP contribution in [0.25, 0.3) is 0 Å². The molecule has 98 valence electrons. The molecule has 1 aliphatic rings. The number of unbranched alkanes of at least 4 members (excludes halogenated alkanes) is 1. The highest BCUT2D eigenvalue weighted by Crippen LogP contribution is 2.27. The maximum absolute atomic E-state index is 8.82. The van der Waals surface area contributed by atoms with Crippen LogP contribution in [0, 0.1) is 11.3 Å². The van der Waals surface area contributed by atoms with Crippen LogP contribution < -0.4 is 0 Å². The molecule has 0 radical (unpaired) electrons. The summed E-state index contributed by atoms with van der Waals surface area (Å²) in [5, 5.41) is 25.9. The number of ether oxygens (including phenoxy) is 1. The molecule has 2 rings (SSSR count). The van der Waals surface area contributed by atoms with Crippen molar-refractivity contribution >= 4 is 0 Å². The van der Waals surface area contributed by atoms with E-state index in [4.69, 9.17) is 15.1 Å². The van der Waals surface area contributed by atoms with Crippen LogP contribution in [0.1, 0.15) is 36.6 Å². The van der Waals surface area contributed by atoms with Gasteiger partial charge in [-0.15, -0.1) is 5.10 Å². The molecular formula is C12H18N4O2. The molecule has 1 aromatic heterocycles. The summed E-state index contributed by atoms with van der Waals surface area (Å²) in [5.74, 6) is 0.303. The first kappa shape index (κ1) is 13.0. The number of aliphatic hydroxyl groups excluding tert-OH is 1. The van der Waals surface area contributed by atoms with E-state index in [0.717, 1.165) is 43.8 Å². The summed E-state index contributed by atoms with van der Waals surface area (Å²) in [6.07, 6.45) is 2.89. The second-order valence-electron chi connectivity index (χ2n) is 4.47. The van der Waals surface area contributed by atoms with Gasteiger partial charge in [-0.3, -0.25) is 0 Å². The molecule has 18 heavy (non-hydrogen) atoms. The van der Waals surface area contributed by atoms with Crippen molar-refractivity contribution in [2.45, 2.75) is 38.1 Å². The molecule has 0 spiro atoms. The number of nitrogens with zero attached hydrogens (tertiary/aromatic N) is 4.